The maximum Gasteiger partial charge on any atom is 0.130 e. The Kier molecular flexibility index (Phi) is 3.99. The fourth-order valence-corrected chi connectivity index (χ4v) is 1.81. The van der Waals surface area contributed by atoms with Crippen molar-refractivity contribution in [3.05, 3.63) is 47.3 Å². The summed E-state index contributed by atoms with van der Waals surface area (Å²) < 4.78 is 7.57. The molecule has 0 atom stereocenters. The van der Waals surface area contributed by atoms with Crippen molar-refractivity contribution in [3.63, 3.8) is 0 Å². The minimum Gasteiger partial charge on any atom is -0.487 e. The van der Waals surface area contributed by atoms with Crippen LogP contribution in [0.15, 0.2) is 30.3 Å². The molecule has 0 saturated heterocycles. The van der Waals surface area contributed by atoms with Gasteiger partial charge in [-0.1, -0.05) is 25.1 Å². The molecule has 1 aromatic heterocycles. The molecule has 0 saturated carbocycles. The summed E-state index contributed by atoms with van der Waals surface area (Å²) >= 11 is 0. The molecule has 0 unspecified atom stereocenters. The molecule has 2 rings (SSSR count). The van der Waals surface area contributed by atoms with Crippen LogP contribution in [0.3, 0.4) is 0 Å². The van der Waals surface area contributed by atoms with Crippen LogP contribution in [-0.2, 0) is 26.7 Å². The summed E-state index contributed by atoms with van der Waals surface area (Å²) in [5.74, 6) is 0.722. The third-order valence-electron chi connectivity index (χ3n) is 2.91. The fraction of sp³-hybridized carbons (Fsp3) is 0.357. The summed E-state index contributed by atoms with van der Waals surface area (Å²) in [5, 5.41) is 13.6. The predicted octanol–water partition coefficient (Wildman–Crippen LogP) is 2.05. The Hall–Kier alpha value is -1.81. The average molecular weight is 246 g/mol. The van der Waals surface area contributed by atoms with Crippen molar-refractivity contribution in [2.45, 2.75) is 26.6 Å². The number of aromatic nitrogens is 2. The van der Waals surface area contributed by atoms with Crippen LogP contribution in [0, 0.1) is 0 Å². The second-order valence-corrected chi connectivity index (χ2v) is 4.16. The van der Waals surface area contributed by atoms with E-state index >= 15 is 0 Å². The number of aryl methyl sites for hydroxylation is 2. The number of rotatable bonds is 5. The van der Waals surface area contributed by atoms with Gasteiger partial charge in [-0.15, -0.1) is 0 Å². The van der Waals surface area contributed by atoms with Gasteiger partial charge in [0.15, 0.2) is 0 Å². The van der Waals surface area contributed by atoms with Gasteiger partial charge in [0, 0.05) is 12.6 Å². The zero-order valence-electron chi connectivity index (χ0n) is 10.8. The Morgan fingerprint density at radius 2 is 2.11 bits per heavy atom. The Morgan fingerprint density at radius 3 is 2.78 bits per heavy atom. The smallest absolute Gasteiger partial charge is 0.130 e. The fourth-order valence-electron chi connectivity index (χ4n) is 1.81. The number of hydrogen-bond acceptors (Lipinski definition) is 3. The molecular formula is C14H18N2O2. The average Bonchev–Trinajstić information content (AvgIpc) is 2.77. The maximum atomic E-state index is 9.21. The van der Waals surface area contributed by atoms with Crippen LogP contribution in [0.4, 0.5) is 0 Å². The van der Waals surface area contributed by atoms with E-state index in [4.69, 9.17) is 4.74 Å². The minimum atomic E-state index is -0.0121. The van der Waals surface area contributed by atoms with Crippen LogP contribution in [0.5, 0.6) is 5.75 Å². The van der Waals surface area contributed by atoms with Crippen molar-refractivity contribution in [2.24, 2.45) is 7.05 Å². The quantitative estimate of drug-likeness (QED) is 0.878. The molecule has 2 aromatic rings. The van der Waals surface area contributed by atoms with Crippen LogP contribution < -0.4 is 4.74 Å². The van der Waals surface area contributed by atoms with E-state index < -0.39 is 0 Å². The van der Waals surface area contributed by atoms with Crippen LogP contribution in [0.2, 0.25) is 0 Å². The SMILES string of the molecule is CCc1cc(COc2ccccc2CO)n(C)n1. The van der Waals surface area contributed by atoms with Crippen molar-refractivity contribution in [1.29, 1.82) is 0 Å². The molecule has 1 aromatic carbocycles. The first-order chi connectivity index (χ1) is 8.74. The van der Waals surface area contributed by atoms with Gasteiger partial charge in [-0.05, 0) is 18.6 Å². The summed E-state index contributed by atoms with van der Waals surface area (Å²) in [6, 6.07) is 9.55. The van der Waals surface area contributed by atoms with Gasteiger partial charge < -0.3 is 9.84 Å². The molecule has 0 aliphatic carbocycles. The number of aliphatic hydroxyl groups is 1. The van der Waals surface area contributed by atoms with Crippen LogP contribution in [-0.4, -0.2) is 14.9 Å². The summed E-state index contributed by atoms with van der Waals surface area (Å²) in [6.07, 6.45) is 0.918. The van der Waals surface area contributed by atoms with E-state index in [0.29, 0.717) is 6.61 Å². The largest absolute Gasteiger partial charge is 0.487 e. The predicted molar refractivity (Wildman–Crippen MR) is 69.3 cm³/mol. The number of para-hydroxylation sites is 1. The molecule has 0 radical (unpaired) electrons. The minimum absolute atomic E-state index is 0.0121. The Bertz CT molecular complexity index is 520. The molecule has 0 aliphatic rings. The normalized spacial score (nSPS) is 10.6. The molecule has 0 bridgehead atoms. The zero-order valence-corrected chi connectivity index (χ0v) is 10.8. The summed E-state index contributed by atoms with van der Waals surface area (Å²) in [4.78, 5) is 0. The molecule has 4 nitrogen and oxygen atoms in total. The Labute approximate surface area is 107 Å². The lowest BCUT2D eigenvalue weighted by Gasteiger charge is -2.09. The van der Waals surface area contributed by atoms with E-state index in [1.54, 1.807) is 0 Å². The van der Waals surface area contributed by atoms with Gasteiger partial charge in [-0.25, -0.2) is 0 Å². The molecule has 18 heavy (non-hydrogen) atoms. The topological polar surface area (TPSA) is 47.3 Å². The van der Waals surface area contributed by atoms with Crippen molar-refractivity contribution in [1.82, 2.24) is 9.78 Å². The lowest BCUT2D eigenvalue weighted by atomic mass is 10.2. The monoisotopic (exact) mass is 246 g/mol. The maximum absolute atomic E-state index is 9.21. The third-order valence-corrected chi connectivity index (χ3v) is 2.91. The van der Waals surface area contributed by atoms with E-state index in [9.17, 15) is 5.11 Å². The number of benzene rings is 1. The van der Waals surface area contributed by atoms with Crippen molar-refractivity contribution in [2.75, 3.05) is 0 Å². The molecule has 0 aliphatic heterocycles. The first kappa shape index (κ1) is 12.6. The van der Waals surface area contributed by atoms with Crippen LogP contribution >= 0.6 is 0 Å². The van der Waals surface area contributed by atoms with E-state index in [-0.39, 0.29) is 6.61 Å². The second-order valence-electron chi connectivity index (χ2n) is 4.16. The van der Waals surface area contributed by atoms with E-state index in [2.05, 4.69) is 12.0 Å². The highest BCUT2D eigenvalue weighted by molar-refractivity contribution is 5.32. The van der Waals surface area contributed by atoms with Crippen molar-refractivity contribution >= 4 is 0 Å². The first-order valence-electron chi connectivity index (χ1n) is 6.08. The van der Waals surface area contributed by atoms with Gasteiger partial charge in [0.2, 0.25) is 0 Å². The van der Waals surface area contributed by atoms with Crippen LogP contribution in [0.25, 0.3) is 0 Å². The Balaban J connectivity index is 2.08. The highest BCUT2D eigenvalue weighted by atomic mass is 16.5. The number of aliphatic hydroxyl groups excluding tert-OH is 1. The molecule has 0 spiro atoms. The van der Waals surface area contributed by atoms with Gasteiger partial charge in [0.05, 0.1) is 18.0 Å². The second kappa shape index (κ2) is 5.69. The molecule has 0 fully saturated rings. The Morgan fingerprint density at radius 1 is 1.33 bits per heavy atom. The number of nitrogens with zero attached hydrogens (tertiary/aromatic N) is 2. The molecular weight excluding hydrogens is 228 g/mol. The molecule has 0 amide bonds. The van der Waals surface area contributed by atoms with Gasteiger partial charge in [-0.2, -0.15) is 5.10 Å². The van der Waals surface area contributed by atoms with E-state index in [1.807, 2.05) is 42.1 Å². The van der Waals surface area contributed by atoms with Crippen molar-refractivity contribution < 1.29 is 9.84 Å². The van der Waals surface area contributed by atoms with Gasteiger partial charge >= 0.3 is 0 Å². The third kappa shape index (κ3) is 2.71. The molecule has 96 valence electrons. The van der Waals surface area contributed by atoms with Gasteiger partial charge in [0.1, 0.15) is 12.4 Å². The molecule has 4 heteroatoms. The number of hydrogen-bond donors (Lipinski definition) is 1. The first-order valence-corrected chi connectivity index (χ1v) is 6.08. The van der Waals surface area contributed by atoms with E-state index in [1.165, 1.54) is 0 Å². The highest BCUT2D eigenvalue weighted by Crippen LogP contribution is 2.19. The standard InChI is InChI=1S/C14H18N2O2/c1-3-12-8-13(16(2)15-12)10-18-14-7-5-4-6-11(14)9-17/h4-8,17H,3,9-10H2,1-2H3. The lowest BCUT2D eigenvalue weighted by molar-refractivity contribution is 0.255. The zero-order chi connectivity index (χ0) is 13.0. The molecule has 1 N–H and O–H groups in total. The molecule has 1 heterocycles. The summed E-state index contributed by atoms with van der Waals surface area (Å²) in [7, 11) is 1.91. The lowest BCUT2D eigenvalue weighted by Crippen LogP contribution is -2.04. The number of ether oxygens (including phenoxy) is 1. The van der Waals surface area contributed by atoms with E-state index in [0.717, 1.165) is 29.1 Å². The van der Waals surface area contributed by atoms with Crippen molar-refractivity contribution in [3.8, 4) is 5.75 Å². The summed E-state index contributed by atoms with van der Waals surface area (Å²) in [6.45, 7) is 2.52. The highest BCUT2D eigenvalue weighted by Gasteiger charge is 2.06. The van der Waals surface area contributed by atoms with Gasteiger partial charge in [0.25, 0.3) is 0 Å². The summed E-state index contributed by atoms with van der Waals surface area (Å²) in [5.41, 5.74) is 2.89. The van der Waals surface area contributed by atoms with Gasteiger partial charge in [-0.3, -0.25) is 4.68 Å². The van der Waals surface area contributed by atoms with Crippen LogP contribution in [0.1, 0.15) is 23.9 Å².